The van der Waals surface area contributed by atoms with Gasteiger partial charge in [-0.1, -0.05) is 6.07 Å². The van der Waals surface area contributed by atoms with Crippen LogP contribution in [-0.2, 0) is 9.05 Å². The number of primary amides is 1. The summed E-state index contributed by atoms with van der Waals surface area (Å²) in [5.74, 6) is -0.223. The monoisotopic (exact) mass is 236 g/mol. The lowest BCUT2D eigenvalue weighted by atomic mass is 10.5. The zero-order valence-corrected chi connectivity index (χ0v) is 8.25. The molecule has 0 aliphatic rings. The molecule has 1 aromatic rings. The van der Waals surface area contributed by atoms with Crippen molar-refractivity contribution < 1.29 is 17.9 Å². The van der Waals surface area contributed by atoms with Crippen LogP contribution in [0, 0.1) is 0 Å². The molecule has 0 aromatic carbocycles. The molecule has 0 radical (unpaired) electrons. The minimum absolute atomic E-state index is 0.223. The minimum Gasteiger partial charge on any atom is -0.391 e. The summed E-state index contributed by atoms with van der Waals surface area (Å²) in [6.07, 6.45) is -1.08. The highest BCUT2D eigenvalue weighted by Crippen LogP contribution is 2.15. The van der Waals surface area contributed by atoms with Crippen molar-refractivity contribution in [1.29, 1.82) is 0 Å². The number of hydrogen-bond acceptors (Lipinski definition) is 5. The molecular formula is C6H5ClN2O4S. The van der Waals surface area contributed by atoms with Crippen LogP contribution in [-0.4, -0.2) is 19.5 Å². The predicted octanol–water partition coefficient (Wildman–Crippen LogP) is 0.467. The van der Waals surface area contributed by atoms with Crippen LogP contribution in [0.2, 0.25) is 0 Å². The van der Waals surface area contributed by atoms with Gasteiger partial charge in [-0.05, 0) is 6.07 Å². The molecule has 0 fully saturated rings. The molecule has 1 heterocycles. The van der Waals surface area contributed by atoms with E-state index >= 15 is 0 Å². The lowest BCUT2D eigenvalue weighted by Gasteiger charge is -2.00. The van der Waals surface area contributed by atoms with Crippen molar-refractivity contribution in [1.82, 2.24) is 4.98 Å². The van der Waals surface area contributed by atoms with Crippen LogP contribution in [0.15, 0.2) is 23.2 Å². The number of pyridine rings is 1. The second-order valence-electron chi connectivity index (χ2n) is 2.17. The summed E-state index contributed by atoms with van der Waals surface area (Å²) in [5.41, 5.74) is 4.70. The summed E-state index contributed by atoms with van der Waals surface area (Å²) in [7, 11) is 1.07. The Balaban J connectivity index is 3.08. The lowest BCUT2D eigenvalue weighted by molar-refractivity contribution is 0.208. The van der Waals surface area contributed by atoms with E-state index in [9.17, 15) is 13.2 Å². The molecule has 14 heavy (non-hydrogen) atoms. The van der Waals surface area contributed by atoms with Gasteiger partial charge in [-0.25, -0.2) is 13.2 Å². The molecule has 1 aromatic heterocycles. The standard InChI is InChI=1S/C6H5ClN2O4S/c7-14(11,12)5-3-1-2-4(9-5)13-6(8)10/h1-3H,(H2,8,10). The molecule has 76 valence electrons. The van der Waals surface area contributed by atoms with E-state index in [1.54, 1.807) is 0 Å². The average Bonchev–Trinajstić information content (AvgIpc) is 2.01. The number of carbonyl (C=O) groups excluding carboxylic acids is 1. The smallest absolute Gasteiger partial charge is 0.391 e. The molecule has 8 heteroatoms. The van der Waals surface area contributed by atoms with Crippen LogP contribution in [0.1, 0.15) is 0 Å². The van der Waals surface area contributed by atoms with Gasteiger partial charge in [-0.3, -0.25) is 0 Å². The van der Waals surface area contributed by atoms with Gasteiger partial charge >= 0.3 is 6.09 Å². The average molecular weight is 237 g/mol. The van der Waals surface area contributed by atoms with Crippen molar-refractivity contribution in [2.24, 2.45) is 5.73 Å². The number of rotatable bonds is 2. The Labute approximate surface area is 84.1 Å². The second kappa shape index (κ2) is 3.81. The number of hydrogen-bond donors (Lipinski definition) is 1. The van der Waals surface area contributed by atoms with Gasteiger partial charge < -0.3 is 10.5 Å². The Hall–Kier alpha value is -1.34. The first-order valence-corrected chi connectivity index (χ1v) is 5.59. The Kier molecular flexibility index (Phi) is 2.92. The van der Waals surface area contributed by atoms with Crippen LogP contribution in [0.5, 0.6) is 5.88 Å². The highest BCUT2D eigenvalue weighted by Gasteiger charge is 2.12. The first-order chi connectivity index (χ1) is 6.39. The maximum absolute atomic E-state index is 10.8. The molecule has 0 unspecified atom stereocenters. The number of nitrogens with two attached hydrogens (primary N) is 1. The number of ether oxygens (including phenoxy) is 1. The minimum atomic E-state index is -3.93. The number of carbonyl (C=O) groups is 1. The molecule has 0 atom stereocenters. The van der Waals surface area contributed by atoms with Gasteiger partial charge in [-0.15, -0.1) is 0 Å². The van der Waals surface area contributed by atoms with Crippen molar-refractivity contribution in [3.63, 3.8) is 0 Å². The van der Waals surface area contributed by atoms with Crippen LogP contribution >= 0.6 is 10.7 Å². The zero-order chi connectivity index (χ0) is 10.8. The van der Waals surface area contributed by atoms with Gasteiger partial charge in [0.2, 0.25) is 5.88 Å². The van der Waals surface area contributed by atoms with E-state index < -0.39 is 20.2 Å². The molecule has 1 rings (SSSR count). The summed E-state index contributed by atoms with van der Waals surface area (Å²) < 4.78 is 26.0. The highest BCUT2D eigenvalue weighted by atomic mass is 35.7. The third-order valence-corrected chi connectivity index (χ3v) is 2.35. The van der Waals surface area contributed by atoms with Gasteiger partial charge in [0.25, 0.3) is 9.05 Å². The van der Waals surface area contributed by atoms with Gasteiger partial charge in [-0.2, -0.15) is 4.98 Å². The fourth-order valence-corrected chi connectivity index (χ4v) is 1.39. The van der Waals surface area contributed by atoms with Crippen LogP contribution in [0.25, 0.3) is 0 Å². The summed E-state index contributed by atoms with van der Waals surface area (Å²) in [6.45, 7) is 0. The van der Waals surface area contributed by atoms with Crippen LogP contribution < -0.4 is 10.5 Å². The third-order valence-electron chi connectivity index (χ3n) is 1.15. The summed E-state index contributed by atoms with van der Waals surface area (Å²) in [4.78, 5) is 13.7. The normalized spacial score (nSPS) is 10.9. The second-order valence-corrected chi connectivity index (χ2v) is 4.69. The Morgan fingerprint density at radius 1 is 1.50 bits per heavy atom. The molecule has 6 nitrogen and oxygen atoms in total. The topological polar surface area (TPSA) is 99.4 Å². The summed E-state index contributed by atoms with van der Waals surface area (Å²) in [5, 5.41) is -0.405. The number of halogens is 1. The highest BCUT2D eigenvalue weighted by molar-refractivity contribution is 8.13. The lowest BCUT2D eigenvalue weighted by Crippen LogP contribution is -2.17. The van der Waals surface area contributed by atoms with Gasteiger partial charge in [0, 0.05) is 16.7 Å². The predicted molar refractivity (Wildman–Crippen MR) is 47.5 cm³/mol. The Bertz CT molecular complexity index is 459. The zero-order valence-electron chi connectivity index (χ0n) is 6.68. The molecule has 0 aliphatic heterocycles. The fourth-order valence-electron chi connectivity index (χ4n) is 0.692. The maximum atomic E-state index is 10.8. The summed E-state index contributed by atoms with van der Waals surface area (Å²) in [6, 6.07) is 3.76. The maximum Gasteiger partial charge on any atom is 0.411 e. The van der Waals surface area contributed by atoms with Gasteiger partial charge in [0.1, 0.15) is 0 Å². The Morgan fingerprint density at radius 2 is 2.14 bits per heavy atom. The van der Waals surface area contributed by atoms with Crippen molar-refractivity contribution in [2.45, 2.75) is 5.03 Å². The molecule has 0 aliphatic carbocycles. The fraction of sp³-hybridized carbons (Fsp3) is 0. The quantitative estimate of drug-likeness (QED) is 0.753. The van der Waals surface area contributed by atoms with E-state index in [1.165, 1.54) is 12.1 Å². The molecule has 0 bridgehead atoms. The third kappa shape index (κ3) is 2.86. The Morgan fingerprint density at radius 3 is 2.64 bits per heavy atom. The van der Waals surface area contributed by atoms with E-state index in [0.717, 1.165) is 6.07 Å². The largest absolute Gasteiger partial charge is 0.411 e. The van der Waals surface area contributed by atoms with Crippen molar-refractivity contribution in [3.8, 4) is 5.88 Å². The van der Waals surface area contributed by atoms with Gasteiger partial charge in [0.05, 0.1) is 0 Å². The van der Waals surface area contributed by atoms with E-state index in [2.05, 4.69) is 9.72 Å². The molecular weight excluding hydrogens is 232 g/mol. The van der Waals surface area contributed by atoms with Gasteiger partial charge in [0.15, 0.2) is 5.03 Å². The van der Waals surface area contributed by atoms with Crippen molar-refractivity contribution in [3.05, 3.63) is 18.2 Å². The SMILES string of the molecule is NC(=O)Oc1cccc(S(=O)(=O)Cl)n1. The summed E-state index contributed by atoms with van der Waals surface area (Å²) >= 11 is 0. The molecule has 0 spiro atoms. The number of aromatic nitrogens is 1. The number of amides is 1. The van der Waals surface area contributed by atoms with Crippen LogP contribution in [0.3, 0.4) is 0 Å². The van der Waals surface area contributed by atoms with E-state index in [4.69, 9.17) is 16.4 Å². The number of nitrogens with zero attached hydrogens (tertiary/aromatic N) is 1. The van der Waals surface area contributed by atoms with E-state index in [1.807, 2.05) is 0 Å². The molecule has 0 saturated carbocycles. The first kappa shape index (κ1) is 10.7. The molecule has 1 amide bonds. The molecule has 0 saturated heterocycles. The molecule has 2 N–H and O–H groups in total. The van der Waals surface area contributed by atoms with E-state index in [-0.39, 0.29) is 5.88 Å². The van der Waals surface area contributed by atoms with Crippen molar-refractivity contribution >= 4 is 25.8 Å². The van der Waals surface area contributed by atoms with E-state index in [0.29, 0.717) is 0 Å². The van der Waals surface area contributed by atoms with Crippen molar-refractivity contribution in [2.75, 3.05) is 0 Å². The van der Waals surface area contributed by atoms with Crippen LogP contribution in [0.4, 0.5) is 4.79 Å². The first-order valence-electron chi connectivity index (χ1n) is 3.28.